The summed E-state index contributed by atoms with van der Waals surface area (Å²) in [4.78, 5) is 23.1. The SMILES string of the molecule is COC(=O)C/C=C/[C@@H](Cc1ccccc1)NC(=O)OC(C)(C)C. The largest absolute Gasteiger partial charge is 0.469 e. The average Bonchev–Trinajstić information content (AvgIpc) is 2.45. The van der Waals surface area contributed by atoms with Gasteiger partial charge in [0, 0.05) is 0 Å². The molecule has 1 N–H and O–H groups in total. The molecule has 1 atom stereocenters. The molecule has 0 aliphatic carbocycles. The van der Waals surface area contributed by atoms with Crippen LogP contribution >= 0.6 is 0 Å². The van der Waals surface area contributed by atoms with Crippen LogP contribution in [0.4, 0.5) is 4.79 Å². The number of alkyl carbamates (subject to hydrolysis) is 1. The van der Waals surface area contributed by atoms with Crippen molar-refractivity contribution >= 4 is 12.1 Å². The van der Waals surface area contributed by atoms with Gasteiger partial charge in [0.2, 0.25) is 0 Å². The normalized spacial score (nSPS) is 12.7. The number of hydrogen-bond acceptors (Lipinski definition) is 4. The maximum atomic E-state index is 12.0. The van der Waals surface area contributed by atoms with Crippen LogP contribution in [0.2, 0.25) is 0 Å². The number of nitrogens with one attached hydrogen (secondary N) is 1. The lowest BCUT2D eigenvalue weighted by Gasteiger charge is -2.22. The summed E-state index contributed by atoms with van der Waals surface area (Å²) in [5, 5.41) is 2.81. The molecule has 0 aliphatic heterocycles. The molecule has 0 radical (unpaired) electrons. The third-order valence-corrected chi connectivity index (χ3v) is 2.88. The Labute approximate surface area is 137 Å². The van der Waals surface area contributed by atoms with Crippen LogP contribution in [0, 0.1) is 0 Å². The second-order valence-corrected chi connectivity index (χ2v) is 6.15. The highest BCUT2D eigenvalue weighted by Crippen LogP contribution is 2.09. The molecule has 0 saturated heterocycles. The molecule has 0 aromatic heterocycles. The number of amides is 1. The highest BCUT2D eigenvalue weighted by Gasteiger charge is 2.18. The molecule has 0 heterocycles. The van der Waals surface area contributed by atoms with Crippen molar-refractivity contribution in [2.24, 2.45) is 0 Å². The lowest BCUT2D eigenvalue weighted by molar-refractivity contribution is -0.139. The summed E-state index contributed by atoms with van der Waals surface area (Å²) in [5.74, 6) is -0.322. The molecular weight excluding hydrogens is 294 g/mol. The first-order chi connectivity index (χ1) is 10.8. The number of carbonyl (C=O) groups excluding carboxylic acids is 2. The number of benzene rings is 1. The standard InChI is InChI=1S/C18H25NO4/c1-18(2,3)23-17(21)19-15(11-8-12-16(20)22-4)13-14-9-6-5-7-10-14/h5-11,15H,12-13H2,1-4H3,(H,19,21)/b11-8+/t15-/m0/s1. The van der Waals surface area contributed by atoms with Crippen LogP contribution in [0.5, 0.6) is 0 Å². The molecule has 5 heteroatoms. The molecule has 1 rings (SSSR count). The molecule has 0 bridgehead atoms. The predicted octanol–water partition coefficient (Wildman–Crippen LogP) is 3.24. The Bertz CT molecular complexity index is 532. The fourth-order valence-corrected chi connectivity index (χ4v) is 1.91. The summed E-state index contributed by atoms with van der Waals surface area (Å²) in [5.41, 5.74) is 0.521. The van der Waals surface area contributed by atoms with Crippen molar-refractivity contribution in [3.63, 3.8) is 0 Å². The zero-order valence-electron chi connectivity index (χ0n) is 14.2. The van der Waals surface area contributed by atoms with E-state index in [9.17, 15) is 9.59 Å². The maximum Gasteiger partial charge on any atom is 0.408 e. The van der Waals surface area contributed by atoms with Crippen LogP contribution in [0.3, 0.4) is 0 Å². The molecule has 0 aliphatic rings. The molecular formula is C18H25NO4. The minimum absolute atomic E-state index is 0.164. The first kappa shape index (κ1) is 18.7. The van der Waals surface area contributed by atoms with Crippen molar-refractivity contribution in [3.8, 4) is 0 Å². The molecule has 23 heavy (non-hydrogen) atoms. The van der Waals surface area contributed by atoms with Gasteiger partial charge in [-0.25, -0.2) is 4.79 Å². The molecule has 0 saturated carbocycles. The Balaban J connectivity index is 2.71. The summed E-state index contributed by atoms with van der Waals surface area (Å²) < 4.78 is 9.87. The Morgan fingerprint density at radius 2 is 1.87 bits per heavy atom. The quantitative estimate of drug-likeness (QED) is 0.646. The number of methoxy groups -OCH3 is 1. The number of hydrogen-bond donors (Lipinski definition) is 1. The number of rotatable bonds is 6. The van der Waals surface area contributed by atoms with Gasteiger partial charge in [-0.1, -0.05) is 42.5 Å². The highest BCUT2D eigenvalue weighted by atomic mass is 16.6. The van der Waals surface area contributed by atoms with Crippen LogP contribution in [0.15, 0.2) is 42.5 Å². The van der Waals surface area contributed by atoms with Crippen LogP contribution in [-0.4, -0.2) is 30.8 Å². The van der Waals surface area contributed by atoms with E-state index in [2.05, 4.69) is 10.1 Å². The Morgan fingerprint density at radius 1 is 1.22 bits per heavy atom. The molecule has 5 nitrogen and oxygen atoms in total. The minimum Gasteiger partial charge on any atom is -0.469 e. The van der Waals surface area contributed by atoms with Crippen molar-refractivity contribution in [1.29, 1.82) is 0 Å². The number of esters is 1. The first-order valence-electron chi connectivity index (χ1n) is 7.57. The van der Waals surface area contributed by atoms with Crippen molar-refractivity contribution < 1.29 is 19.1 Å². The van der Waals surface area contributed by atoms with Crippen LogP contribution in [-0.2, 0) is 20.7 Å². The maximum absolute atomic E-state index is 12.0. The summed E-state index contributed by atoms with van der Waals surface area (Å²) in [6.45, 7) is 5.43. The Morgan fingerprint density at radius 3 is 2.43 bits per heavy atom. The summed E-state index contributed by atoms with van der Waals surface area (Å²) in [7, 11) is 1.34. The lowest BCUT2D eigenvalue weighted by atomic mass is 10.1. The fraction of sp³-hybridized carbons (Fsp3) is 0.444. The van der Waals surface area contributed by atoms with Gasteiger partial charge >= 0.3 is 12.1 Å². The number of ether oxygens (including phenoxy) is 2. The second-order valence-electron chi connectivity index (χ2n) is 6.15. The smallest absolute Gasteiger partial charge is 0.408 e. The molecule has 1 amide bonds. The third-order valence-electron chi connectivity index (χ3n) is 2.88. The van der Waals surface area contributed by atoms with Gasteiger partial charge in [0.15, 0.2) is 0 Å². The summed E-state index contributed by atoms with van der Waals surface area (Å²) >= 11 is 0. The zero-order valence-corrected chi connectivity index (χ0v) is 14.2. The van der Waals surface area contributed by atoms with E-state index in [1.807, 2.05) is 51.1 Å². The molecule has 1 aromatic carbocycles. The van der Waals surface area contributed by atoms with Crippen LogP contribution < -0.4 is 5.32 Å². The van der Waals surface area contributed by atoms with Crippen molar-refractivity contribution in [3.05, 3.63) is 48.0 Å². The number of carbonyl (C=O) groups is 2. The predicted molar refractivity (Wildman–Crippen MR) is 89.1 cm³/mol. The van der Waals surface area contributed by atoms with E-state index < -0.39 is 11.7 Å². The van der Waals surface area contributed by atoms with Crippen LogP contribution in [0.25, 0.3) is 0 Å². The Kier molecular flexibility index (Phi) is 7.32. The van der Waals surface area contributed by atoms with E-state index in [0.717, 1.165) is 5.56 Å². The summed E-state index contributed by atoms with van der Waals surface area (Å²) in [6, 6.07) is 9.52. The minimum atomic E-state index is -0.558. The van der Waals surface area contributed by atoms with Gasteiger partial charge in [-0.05, 0) is 32.8 Å². The van der Waals surface area contributed by atoms with E-state index >= 15 is 0 Å². The summed E-state index contributed by atoms with van der Waals surface area (Å²) in [6.07, 6.45) is 3.77. The van der Waals surface area contributed by atoms with Crippen LogP contribution in [0.1, 0.15) is 32.8 Å². The second kappa shape index (κ2) is 8.98. The van der Waals surface area contributed by atoms with E-state index in [4.69, 9.17) is 4.74 Å². The van der Waals surface area contributed by atoms with Crippen molar-refractivity contribution in [2.45, 2.75) is 45.3 Å². The van der Waals surface area contributed by atoms with E-state index in [1.54, 1.807) is 12.2 Å². The lowest BCUT2D eigenvalue weighted by Crippen LogP contribution is -2.39. The topological polar surface area (TPSA) is 64.6 Å². The third kappa shape index (κ3) is 8.66. The van der Waals surface area contributed by atoms with Gasteiger partial charge < -0.3 is 14.8 Å². The zero-order chi connectivity index (χ0) is 17.3. The monoisotopic (exact) mass is 319 g/mol. The van der Waals surface area contributed by atoms with E-state index in [-0.39, 0.29) is 18.4 Å². The molecule has 1 aromatic rings. The van der Waals surface area contributed by atoms with Gasteiger partial charge in [-0.3, -0.25) is 4.79 Å². The Hall–Kier alpha value is -2.30. The van der Waals surface area contributed by atoms with E-state index in [1.165, 1.54) is 7.11 Å². The highest BCUT2D eigenvalue weighted by molar-refractivity contribution is 5.71. The van der Waals surface area contributed by atoms with Gasteiger partial charge in [-0.2, -0.15) is 0 Å². The van der Waals surface area contributed by atoms with Gasteiger partial charge in [0.05, 0.1) is 19.6 Å². The van der Waals surface area contributed by atoms with Gasteiger partial charge in [0.25, 0.3) is 0 Å². The average molecular weight is 319 g/mol. The molecule has 126 valence electrons. The van der Waals surface area contributed by atoms with Crippen molar-refractivity contribution in [1.82, 2.24) is 5.32 Å². The fourth-order valence-electron chi connectivity index (χ4n) is 1.91. The molecule has 0 unspecified atom stereocenters. The molecule has 0 fully saturated rings. The van der Waals surface area contributed by atoms with Gasteiger partial charge in [-0.15, -0.1) is 0 Å². The molecule has 0 spiro atoms. The van der Waals surface area contributed by atoms with Crippen molar-refractivity contribution in [2.75, 3.05) is 7.11 Å². The van der Waals surface area contributed by atoms with E-state index in [0.29, 0.717) is 6.42 Å². The first-order valence-corrected chi connectivity index (χ1v) is 7.57. The van der Waals surface area contributed by atoms with Gasteiger partial charge in [0.1, 0.15) is 5.60 Å².